The van der Waals surface area contributed by atoms with Gasteiger partial charge in [0.2, 0.25) is 0 Å². The Balaban J connectivity index is 1.62. The first kappa shape index (κ1) is 18.9. The molecule has 0 bridgehead atoms. The number of amides is 1. The van der Waals surface area contributed by atoms with Crippen LogP contribution in [0.4, 0.5) is 5.69 Å². The van der Waals surface area contributed by atoms with Crippen LogP contribution in [0.2, 0.25) is 0 Å². The molecule has 0 spiro atoms. The van der Waals surface area contributed by atoms with Gasteiger partial charge in [-0.3, -0.25) is 4.79 Å². The van der Waals surface area contributed by atoms with E-state index in [1.54, 1.807) is 20.2 Å². The van der Waals surface area contributed by atoms with Gasteiger partial charge in [0.05, 0.1) is 13.3 Å². The average Bonchev–Trinajstić information content (AvgIpc) is 2.68. The van der Waals surface area contributed by atoms with Gasteiger partial charge < -0.3 is 10.1 Å². The summed E-state index contributed by atoms with van der Waals surface area (Å²) in [4.78, 5) is 12.3. The number of carbonyl (C=O) groups excluding carboxylic acids is 1. The predicted molar refractivity (Wildman–Crippen MR) is 113 cm³/mol. The largest absolute Gasteiger partial charge is 0.496 e. The van der Waals surface area contributed by atoms with E-state index < -0.39 is 6.04 Å². The van der Waals surface area contributed by atoms with Crippen LogP contribution in [0.15, 0.2) is 70.2 Å². The van der Waals surface area contributed by atoms with E-state index in [0.29, 0.717) is 5.75 Å². The van der Waals surface area contributed by atoms with Crippen molar-refractivity contribution in [3.63, 3.8) is 0 Å². The van der Waals surface area contributed by atoms with Crippen LogP contribution in [0.25, 0.3) is 10.8 Å². The first-order valence-electron chi connectivity index (χ1n) is 8.48. The molecule has 138 valence electrons. The molecule has 3 aromatic rings. The molecule has 0 saturated heterocycles. The third kappa shape index (κ3) is 4.86. The van der Waals surface area contributed by atoms with Gasteiger partial charge in [0.25, 0.3) is 5.91 Å². The third-order valence-electron chi connectivity index (χ3n) is 4.10. The number of halogens is 1. The van der Waals surface area contributed by atoms with E-state index in [9.17, 15) is 4.79 Å². The molecule has 1 unspecified atom stereocenters. The maximum Gasteiger partial charge on any atom is 0.262 e. The van der Waals surface area contributed by atoms with Gasteiger partial charge in [-0.1, -0.05) is 46.3 Å². The molecule has 3 aromatic carbocycles. The van der Waals surface area contributed by atoms with Crippen LogP contribution in [-0.2, 0) is 4.79 Å². The molecule has 6 heteroatoms. The van der Waals surface area contributed by atoms with Crippen molar-refractivity contribution in [2.24, 2.45) is 5.10 Å². The Morgan fingerprint density at radius 1 is 1.11 bits per heavy atom. The highest BCUT2D eigenvalue weighted by Crippen LogP contribution is 2.21. The maximum atomic E-state index is 12.3. The van der Waals surface area contributed by atoms with Crippen LogP contribution in [0.3, 0.4) is 0 Å². The van der Waals surface area contributed by atoms with Gasteiger partial charge in [0.1, 0.15) is 11.8 Å². The van der Waals surface area contributed by atoms with Gasteiger partial charge >= 0.3 is 0 Å². The summed E-state index contributed by atoms with van der Waals surface area (Å²) < 4.78 is 6.19. The Hall–Kier alpha value is -2.86. The molecule has 0 heterocycles. The van der Waals surface area contributed by atoms with Gasteiger partial charge in [-0.05, 0) is 48.0 Å². The number of nitrogens with zero attached hydrogens (tertiary/aromatic N) is 1. The van der Waals surface area contributed by atoms with Crippen LogP contribution in [-0.4, -0.2) is 25.3 Å². The number of hydrazone groups is 1. The van der Waals surface area contributed by atoms with E-state index in [-0.39, 0.29) is 5.91 Å². The summed E-state index contributed by atoms with van der Waals surface area (Å²) in [5, 5.41) is 9.51. The van der Waals surface area contributed by atoms with E-state index in [1.165, 1.54) is 0 Å². The molecule has 0 aromatic heterocycles. The fraction of sp³-hybridized carbons (Fsp3) is 0.143. The van der Waals surface area contributed by atoms with Crippen molar-refractivity contribution in [3.8, 4) is 5.75 Å². The SMILES string of the molecule is COc1ccc(Br)cc1C=NNC(=O)C(C)Nc1ccc2ccccc2c1. The summed E-state index contributed by atoms with van der Waals surface area (Å²) in [5.41, 5.74) is 4.21. The Morgan fingerprint density at radius 2 is 1.89 bits per heavy atom. The zero-order valence-corrected chi connectivity index (χ0v) is 16.7. The lowest BCUT2D eigenvalue weighted by Gasteiger charge is -2.14. The Bertz CT molecular complexity index is 988. The molecule has 0 saturated carbocycles. The summed E-state index contributed by atoms with van der Waals surface area (Å²) in [5.74, 6) is 0.451. The fourth-order valence-corrected chi connectivity index (χ4v) is 3.04. The van der Waals surface area contributed by atoms with Crippen LogP contribution >= 0.6 is 15.9 Å². The highest BCUT2D eigenvalue weighted by Gasteiger charge is 2.12. The number of methoxy groups -OCH3 is 1. The number of hydrogen-bond donors (Lipinski definition) is 2. The minimum atomic E-state index is -0.437. The average molecular weight is 426 g/mol. The number of rotatable bonds is 6. The Kier molecular flexibility index (Phi) is 6.08. The summed E-state index contributed by atoms with van der Waals surface area (Å²) >= 11 is 3.41. The second kappa shape index (κ2) is 8.68. The molecule has 2 N–H and O–H groups in total. The number of benzene rings is 3. The molecule has 0 aliphatic rings. The predicted octanol–water partition coefficient (Wildman–Crippen LogP) is 4.56. The number of hydrogen-bond acceptors (Lipinski definition) is 4. The number of anilines is 1. The van der Waals surface area contributed by atoms with E-state index in [1.807, 2.05) is 54.6 Å². The molecule has 0 fully saturated rings. The van der Waals surface area contributed by atoms with Crippen molar-refractivity contribution in [2.75, 3.05) is 12.4 Å². The Morgan fingerprint density at radius 3 is 2.67 bits per heavy atom. The lowest BCUT2D eigenvalue weighted by molar-refractivity contribution is -0.121. The summed E-state index contributed by atoms with van der Waals surface area (Å²) in [7, 11) is 1.59. The molecule has 1 amide bonds. The summed E-state index contributed by atoms with van der Waals surface area (Å²) in [6.07, 6.45) is 1.56. The minimum absolute atomic E-state index is 0.228. The van der Waals surface area contributed by atoms with Gasteiger partial charge in [0, 0.05) is 15.7 Å². The third-order valence-corrected chi connectivity index (χ3v) is 4.59. The van der Waals surface area contributed by atoms with Crippen molar-refractivity contribution >= 4 is 44.5 Å². The molecule has 1 atom stereocenters. The molecule has 3 rings (SSSR count). The molecule has 27 heavy (non-hydrogen) atoms. The molecule has 5 nitrogen and oxygen atoms in total. The number of fused-ring (bicyclic) bond motifs is 1. The van der Waals surface area contributed by atoms with E-state index in [4.69, 9.17) is 4.74 Å². The van der Waals surface area contributed by atoms with Crippen molar-refractivity contribution in [1.82, 2.24) is 5.43 Å². The van der Waals surface area contributed by atoms with E-state index >= 15 is 0 Å². The van der Waals surface area contributed by atoms with Crippen LogP contribution in [0.1, 0.15) is 12.5 Å². The number of nitrogens with one attached hydrogen (secondary N) is 2. The van der Waals surface area contributed by atoms with Crippen LogP contribution in [0, 0.1) is 0 Å². The highest BCUT2D eigenvalue weighted by molar-refractivity contribution is 9.10. The van der Waals surface area contributed by atoms with Gasteiger partial charge in [-0.2, -0.15) is 5.10 Å². The normalized spacial score (nSPS) is 12.1. The van der Waals surface area contributed by atoms with E-state index in [0.717, 1.165) is 26.5 Å². The lowest BCUT2D eigenvalue weighted by Crippen LogP contribution is -2.34. The standard InChI is InChI=1S/C21H20BrN3O2/c1-14(24-19-9-7-15-5-3-4-6-16(15)12-19)21(26)25-23-13-17-11-18(22)8-10-20(17)27-2/h3-14,24H,1-2H3,(H,25,26). The smallest absolute Gasteiger partial charge is 0.262 e. The fourth-order valence-electron chi connectivity index (χ4n) is 2.66. The van der Waals surface area contributed by atoms with Gasteiger partial charge in [-0.25, -0.2) is 5.43 Å². The van der Waals surface area contributed by atoms with Gasteiger partial charge in [0.15, 0.2) is 0 Å². The van der Waals surface area contributed by atoms with Crippen LogP contribution < -0.4 is 15.5 Å². The van der Waals surface area contributed by atoms with Crippen molar-refractivity contribution in [1.29, 1.82) is 0 Å². The minimum Gasteiger partial charge on any atom is -0.496 e. The zero-order valence-electron chi connectivity index (χ0n) is 15.1. The number of carbonyl (C=O) groups is 1. The maximum absolute atomic E-state index is 12.3. The molecular weight excluding hydrogens is 406 g/mol. The topological polar surface area (TPSA) is 62.7 Å². The zero-order chi connectivity index (χ0) is 19.2. The summed E-state index contributed by atoms with van der Waals surface area (Å²) in [6.45, 7) is 1.79. The van der Waals surface area contributed by atoms with Crippen molar-refractivity contribution in [2.45, 2.75) is 13.0 Å². The quantitative estimate of drug-likeness (QED) is 0.449. The number of ether oxygens (including phenoxy) is 1. The van der Waals surface area contributed by atoms with Crippen molar-refractivity contribution in [3.05, 3.63) is 70.7 Å². The first-order chi connectivity index (χ1) is 13.1. The monoisotopic (exact) mass is 425 g/mol. The summed E-state index contributed by atoms with van der Waals surface area (Å²) in [6, 6.07) is 19.2. The Labute approximate surface area is 166 Å². The van der Waals surface area contributed by atoms with E-state index in [2.05, 4.69) is 37.8 Å². The lowest BCUT2D eigenvalue weighted by atomic mass is 10.1. The first-order valence-corrected chi connectivity index (χ1v) is 9.28. The van der Waals surface area contributed by atoms with Gasteiger partial charge in [-0.15, -0.1) is 0 Å². The second-order valence-corrected chi connectivity index (χ2v) is 6.96. The highest BCUT2D eigenvalue weighted by atomic mass is 79.9. The molecule has 0 radical (unpaired) electrons. The molecular formula is C21H20BrN3O2. The second-order valence-electron chi connectivity index (χ2n) is 6.05. The van der Waals surface area contributed by atoms with Crippen molar-refractivity contribution < 1.29 is 9.53 Å². The molecule has 0 aliphatic carbocycles. The molecule has 0 aliphatic heterocycles. The van der Waals surface area contributed by atoms with Crippen LogP contribution in [0.5, 0.6) is 5.75 Å².